The van der Waals surface area contributed by atoms with E-state index in [9.17, 15) is 9.59 Å². The first kappa shape index (κ1) is 12.4. The highest BCUT2D eigenvalue weighted by Crippen LogP contribution is 2.20. The van der Waals surface area contributed by atoms with E-state index < -0.39 is 11.9 Å². The highest BCUT2D eigenvalue weighted by molar-refractivity contribution is 6.14. The maximum absolute atomic E-state index is 11.0. The smallest absolute Gasteiger partial charge is 0.346 e. The Morgan fingerprint density at radius 3 is 2.19 bits per heavy atom. The van der Waals surface area contributed by atoms with E-state index in [4.69, 9.17) is 10.2 Å². The molecule has 1 aliphatic heterocycles. The molecular weight excluding hydrogens is 212 g/mol. The van der Waals surface area contributed by atoms with E-state index >= 15 is 0 Å². The van der Waals surface area contributed by atoms with E-state index in [0.717, 1.165) is 5.56 Å². The Morgan fingerprint density at radius 1 is 1.06 bits per heavy atom. The summed E-state index contributed by atoms with van der Waals surface area (Å²) in [6.45, 7) is 1.61. The van der Waals surface area contributed by atoms with Gasteiger partial charge in [0, 0.05) is 0 Å². The lowest BCUT2D eigenvalue weighted by Crippen LogP contribution is -1.96. The summed E-state index contributed by atoms with van der Waals surface area (Å²) >= 11 is 0. The standard InChI is InChI=1S/C9H6O3.C2H6O2/c1-5-2-3-6-7(4-5)9(11)12-8(6)10;3-1-2-4/h2-4H,1H3;3-4H,1-2H2. The number of benzene rings is 1. The first-order chi connectivity index (χ1) is 7.60. The van der Waals surface area contributed by atoms with Crippen LogP contribution in [0.3, 0.4) is 0 Å². The summed E-state index contributed by atoms with van der Waals surface area (Å²) in [4.78, 5) is 21.9. The molecule has 0 saturated heterocycles. The Hall–Kier alpha value is -1.72. The molecule has 86 valence electrons. The van der Waals surface area contributed by atoms with Gasteiger partial charge in [-0.05, 0) is 19.1 Å². The molecule has 2 rings (SSSR count). The summed E-state index contributed by atoms with van der Waals surface area (Å²) in [6, 6.07) is 5.04. The molecule has 0 unspecified atom stereocenters. The normalized spacial score (nSPS) is 12.7. The van der Waals surface area contributed by atoms with Crippen LogP contribution in [0.2, 0.25) is 0 Å². The predicted molar refractivity (Wildman–Crippen MR) is 55.1 cm³/mol. The van der Waals surface area contributed by atoms with E-state index in [-0.39, 0.29) is 13.2 Å². The fourth-order valence-corrected chi connectivity index (χ4v) is 1.20. The van der Waals surface area contributed by atoms with Crippen molar-refractivity contribution in [3.63, 3.8) is 0 Å². The number of carbonyl (C=O) groups is 2. The van der Waals surface area contributed by atoms with Crippen LogP contribution in [-0.2, 0) is 4.74 Å². The van der Waals surface area contributed by atoms with Crippen molar-refractivity contribution in [3.8, 4) is 0 Å². The second-order valence-corrected chi connectivity index (χ2v) is 3.17. The molecule has 0 amide bonds. The molecule has 0 spiro atoms. The number of esters is 2. The molecule has 5 heteroatoms. The topological polar surface area (TPSA) is 83.8 Å². The second-order valence-electron chi connectivity index (χ2n) is 3.17. The molecule has 5 nitrogen and oxygen atoms in total. The van der Waals surface area contributed by atoms with Crippen LogP contribution in [0.5, 0.6) is 0 Å². The monoisotopic (exact) mass is 224 g/mol. The number of fused-ring (bicyclic) bond motifs is 1. The SMILES string of the molecule is Cc1ccc2c(c1)C(=O)OC2=O.OCCO. The molecular formula is C11H12O5. The van der Waals surface area contributed by atoms with Gasteiger partial charge in [0.15, 0.2) is 0 Å². The van der Waals surface area contributed by atoms with Crippen molar-refractivity contribution >= 4 is 11.9 Å². The molecule has 1 aliphatic rings. The zero-order valence-corrected chi connectivity index (χ0v) is 8.77. The molecule has 0 aliphatic carbocycles. The summed E-state index contributed by atoms with van der Waals surface area (Å²) < 4.78 is 4.41. The Balaban J connectivity index is 0.000000280. The van der Waals surface area contributed by atoms with Gasteiger partial charge < -0.3 is 14.9 Å². The van der Waals surface area contributed by atoms with Crippen molar-refractivity contribution in [2.45, 2.75) is 6.92 Å². The summed E-state index contributed by atoms with van der Waals surface area (Å²) in [6.07, 6.45) is 0. The van der Waals surface area contributed by atoms with Crippen LogP contribution in [0.1, 0.15) is 26.3 Å². The third-order valence-electron chi connectivity index (χ3n) is 1.90. The van der Waals surface area contributed by atoms with Gasteiger partial charge in [-0.2, -0.15) is 0 Å². The first-order valence-electron chi connectivity index (χ1n) is 4.69. The van der Waals surface area contributed by atoms with E-state index in [2.05, 4.69) is 4.74 Å². The summed E-state index contributed by atoms with van der Waals surface area (Å²) in [7, 11) is 0. The molecule has 2 N–H and O–H groups in total. The van der Waals surface area contributed by atoms with Crippen molar-refractivity contribution in [1.82, 2.24) is 0 Å². The average molecular weight is 224 g/mol. The summed E-state index contributed by atoms with van der Waals surface area (Å²) in [5, 5.41) is 15.2. The maximum atomic E-state index is 11.0. The van der Waals surface area contributed by atoms with Gasteiger partial charge in [0.1, 0.15) is 0 Å². The summed E-state index contributed by atoms with van der Waals surface area (Å²) in [5.41, 5.74) is 1.69. The first-order valence-corrected chi connectivity index (χ1v) is 4.69. The zero-order chi connectivity index (χ0) is 12.1. The molecule has 0 atom stereocenters. The van der Waals surface area contributed by atoms with Crippen LogP contribution in [0.15, 0.2) is 18.2 Å². The molecule has 1 aromatic rings. The minimum Gasteiger partial charge on any atom is -0.394 e. The van der Waals surface area contributed by atoms with Gasteiger partial charge in [0.25, 0.3) is 0 Å². The number of cyclic esters (lactones) is 2. The maximum Gasteiger partial charge on any atom is 0.346 e. The fraction of sp³-hybridized carbons (Fsp3) is 0.273. The minimum absolute atomic E-state index is 0.125. The van der Waals surface area contributed by atoms with Gasteiger partial charge in [0.2, 0.25) is 0 Å². The molecule has 0 aromatic heterocycles. The zero-order valence-electron chi connectivity index (χ0n) is 8.77. The Labute approximate surface area is 92.3 Å². The molecule has 0 radical (unpaired) electrons. The van der Waals surface area contributed by atoms with Crippen LogP contribution in [0.25, 0.3) is 0 Å². The third kappa shape index (κ3) is 2.65. The number of aliphatic hydroxyl groups excluding tert-OH is 2. The number of aliphatic hydroxyl groups is 2. The molecule has 0 bridgehead atoms. The Morgan fingerprint density at radius 2 is 1.62 bits per heavy atom. The third-order valence-corrected chi connectivity index (χ3v) is 1.90. The number of aryl methyl sites for hydroxylation is 1. The number of rotatable bonds is 1. The number of hydrogen-bond acceptors (Lipinski definition) is 5. The van der Waals surface area contributed by atoms with Crippen molar-refractivity contribution in [3.05, 3.63) is 34.9 Å². The summed E-state index contributed by atoms with van der Waals surface area (Å²) in [5.74, 6) is -1.09. The fourth-order valence-electron chi connectivity index (χ4n) is 1.20. The van der Waals surface area contributed by atoms with E-state index in [1.807, 2.05) is 6.92 Å². The van der Waals surface area contributed by atoms with Gasteiger partial charge in [-0.1, -0.05) is 11.6 Å². The van der Waals surface area contributed by atoms with Gasteiger partial charge >= 0.3 is 11.9 Å². The van der Waals surface area contributed by atoms with Crippen LogP contribution in [0.4, 0.5) is 0 Å². The molecule has 16 heavy (non-hydrogen) atoms. The number of carbonyl (C=O) groups excluding carboxylic acids is 2. The lowest BCUT2D eigenvalue weighted by Gasteiger charge is -1.92. The highest BCUT2D eigenvalue weighted by Gasteiger charge is 2.28. The lowest BCUT2D eigenvalue weighted by atomic mass is 10.1. The van der Waals surface area contributed by atoms with E-state index in [1.54, 1.807) is 18.2 Å². The van der Waals surface area contributed by atoms with Crippen LogP contribution in [-0.4, -0.2) is 35.4 Å². The molecule has 1 aromatic carbocycles. The molecule has 0 saturated carbocycles. The average Bonchev–Trinajstić information content (AvgIpc) is 2.55. The van der Waals surface area contributed by atoms with Crippen molar-refractivity contribution in [1.29, 1.82) is 0 Å². The van der Waals surface area contributed by atoms with Gasteiger partial charge in [-0.3, -0.25) is 0 Å². The van der Waals surface area contributed by atoms with Crippen LogP contribution >= 0.6 is 0 Å². The molecule has 1 heterocycles. The van der Waals surface area contributed by atoms with Gasteiger partial charge in [-0.15, -0.1) is 0 Å². The predicted octanol–water partition coefficient (Wildman–Crippen LogP) is 0.277. The van der Waals surface area contributed by atoms with Crippen molar-refractivity contribution < 1.29 is 24.5 Å². The Bertz CT molecular complexity index is 409. The van der Waals surface area contributed by atoms with Crippen molar-refractivity contribution in [2.24, 2.45) is 0 Å². The number of ether oxygens (including phenoxy) is 1. The van der Waals surface area contributed by atoms with Crippen LogP contribution < -0.4 is 0 Å². The molecule has 0 fully saturated rings. The van der Waals surface area contributed by atoms with E-state index in [1.165, 1.54) is 0 Å². The largest absolute Gasteiger partial charge is 0.394 e. The quantitative estimate of drug-likeness (QED) is 0.528. The van der Waals surface area contributed by atoms with Gasteiger partial charge in [0.05, 0.1) is 24.3 Å². The highest BCUT2D eigenvalue weighted by atomic mass is 16.6. The lowest BCUT2D eigenvalue weighted by molar-refractivity contribution is 0.0444. The minimum atomic E-state index is -0.546. The van der Waals surface area contributed by atoms with E-state index in [0.29, 0.717) is 11.1 Å². The number of hydrogen-bond donors (Lipinski definition) is 2. The van der Waals surface area contributed by atoms with Gasteiger partial charge in [-0.25, -0.2) is 9.59 Å². The second kappa shape index (κ2) is 5.39. The van der Waals surface area contributed by atoms with Crippen LogP contribution in [0, 0.1) is 6.92 Å². The Kier molecular flexibility index (Phi) is 4.16. The van der Waals surface area contributed by atoms with Crippen molar-refractivity contribution in [2.75, 3.05) is 13.2 Å².